The molecule has 0 atom stereocenters. The number of amides is 1. The van der Waals surface area contributed by atoms with E-state index in [0.29, 0.717) is 56.1 Å². The van der Waals surface area contributed by atoms with Gasteiger partial charge in [0, 0.05) is 37.1 Å². The first kappa shape index (κ1) is 24.1. The van der Waals surface area contributed by atoms with Gasteiger partial charge in [0.05, 0.1) is 37.6 Å². The minimum Gasteiger partial charge on any atom is -0.494 e. The fourth-order valence-electron chi connectivity index (χ4n) is 4.53. The van der Waals surface area contributed by atoms with Crippen LogP contribution in [0.5, 0.6) is 17.2 Å². The smallest absolute Gasteiger partial charge is 0.223 e. The zero-order valence-corrected chi connectivity index (χ0v) is 20.3. The minimum atomic E-state index is -0.0796. The monoisotopic (exact) mass is 474 g/mol. The molecule has 2 heterocycles. The Morgan fingerprint density at radius 3 is 2.60 bits per heavy atom. The van der Waals surface area contributed by atoms with Crippen molar-refractivity contribution >= 4 is 22.5 Å². The number of nitrogens with zero attached hydrogens (tertiary/aromatic N) is 3. The molecule has 2 aromatic carbocycles. The van der Waals surface area contributed by atoms with E-state index in [1.165, 1.54) is 0 Å². The van der Waals surface area contributed by atoms with Crippen molar-refractivity contribution in [3.63, 3.8) is 0 Å². The van der Waals surface area contributed by atoms with Crippen LogP contribution in [0.25, 0.3) is 10.9 Å². The third kappa shape index (κ3) is 5.24. The van der Waals surface area contributed by atoms with Crippen LogP contribution >= 0.6 is 0 Å². The molecule has 1 saturated heterocycles. The van der Waals surface area contributed by atoms with Crippen LogP contribution in [0.15, 0.2) is 42.6 Å². The predicted molar refractivity (Wildman–Crippen MR) is 134 cm³/mol. The zero-order valence-electron chi connectivity index (χ0n) is 20.3. The molecule has 0 spiro atoms. The van der Waals surface area contributed by atoms with E-state index >= 15 is 0 Å². The summed E-state index contributed by atoms with van der Waals surface area (Å²) in [5, 5.41) is 13.7. The molecule has 0 saturated carbocycles. The molecule has 8 heteroatoms. The number of benzene rings is 2. The van der Waals surface area contributed by atoms with Crippen molar-refractivity contribution in [1.29, 1.82) is 5.26 Å². The molecule has 8 nitrogen and oxygen atoms in total. The summed E-state index contributed by atoms with van der Waals surface area (Å²) in [5.41, 5.74) is 3.16. The van der Waals surface area contributed by atoms with Crippen molar-refractivity contribution in [1.82, 2.24) is 10.3 Å². The summed E-state index contributed by atoms with van der Waals surface area (Å²) >= 11 is 0. The summed E-state index contributed by atoms with van der Waals surface area (Å²) in [5.74, 6) is 2.01. The molecular weight excluding hydrogens is 444 g/mol. The lowest BCUT2D eigenvalue weighted by Gasteiger charge is -2.34. The van der Waals surface area contributed by atoms with Gasteiger partial charge in [0.15, 0.2) is 11.5 Å². The Balaban J connectivity index is 1.43. The van der Waals surface area contributed by atoms with Gasteiger partial charge in [-0.15, -0.1) is 0 Å². The first-order valence-corrected chi connectivity index (χ1v) is 11.8. The van der Waals surface area contributed by atoms with Gasteiger partial charge < -0.3 is 24.4 Å². The number of fused-ring (bicyclic) bond motifs is 1. The number of ether oxygens (including phenoxy) is 3. The van der Waals surface area contributed by atoms with E-state index in [1.54, 1.807) is 20.4 Å². The first-order valence-electron chi connectivity index (χ1n) is 11.8. The molecule has 1 fully saturated rings. The van der Waals surface area contributed by atoms with Gasteiger partial charge in [-0.05, 0) is 55.7 Å². The van der Waals surface area contributed by atoms with Gasteiger partial charge in [-0.1, -0.05) is 6.07 Å². The Labute approximate surface area is 205 Å². The van der Waals surface area contributed by atoms with Gasteiger partial charge in [-0.3, -0.25) is 9.78 Å². The van der Waals surface area contributed by atoms with Crippen LogP contribution in [-0.4, -0.2) is 44.8 Å². The number of carbonyl (C=O) groups is 1. The molecule has 4 rings (SSSR count). The van der Waals surface area contributed by atoms with Gasteiger partial charge in [-0.25, -0.2) is 0 Å². The topological polar surface area (TPSA) is 96.7 Å². The lowest BCUT2D eigenvalue weighted by molar-refractivity contribution is -0.125. The van der Waals surface area contributed by atoms with Crippen LogP contribution in [0, 0.1) is 17.2 Å². The molecule has 0 unspecified atom stereocenters. The zero-order chi connectivity index (χ0) is 24.8. The van der Waals surface area contributed by atoms with Crippen LogP contribution in [-0.2, 0) is 11.3 Å². The van der Waals surface area contributed by atoms with E-state index < -0.39 is 0 Å². The van der Waals surface area contributed by atoms with E-state index in [0.717, 1.165) is 27.9 Å². The van der Waals surface area contributed by atoms with Crippen molar-refractivity contribution in [2.24, 2.45) is 5.92 Å². The van der Waals surface area contributed by atoms with Gasteiger partial charge in [-0.2, -0.15) is 5.26 Å². The molecule has 3 aromatic rings. The highest BCUT2D eigenvalue weighted by Crippen LogP contribution is 2.34. The van der Waals surface area contributed by atoms with Gasteiger partial charge in [0.1, 0.15) is 11.8 Å². The normalized spacial score (nSPS) is 13.8. The van der Waals surface area contributed by atoms with E-state index in [2.05, 4.69) is 21.3 Å². The van der Waals surface area contributed by atoms with E-state index in [-0.39, 0.29) is 11.8 Å². The number of piperidine rings is 1. The number of aromatic nitrogens is 1. The van der Waals surface area contributed by atoms with Crippen LogP contribution in [0.4, 0.5) is 5.69 Å². The quantitative estimate of drug-likeness (QED) is 0.526. The number of nitrogens with one attached hydrogen (secondary N) is 1. The lowest BCUT2D eigenvalue weighted by Crippen LogP contribution is -2.40. The fraction of sp³-hybridized carbons (Fsp3) is 0.370. The molecule has 0 radical (unpaired) electrons. The maximum absolute atomic E-state index is 12.9. The third-order valence-corrected chi connectivity index (χ3v) is 6.34. The van der Waals surface area contributed by atoms with Gasteiger partial charge in [0.2, 0.25) is 5.91 Å². The summed E-state index contributed by atoms with van der Waals surface area (Å²) in [6.07, 6.45) is 3.04. The molecule has 1 aromatic heterocycles. The van der Waals surface area contributed by atoms with Crippen LogP contribution in [0.3, 0.4) is 0 Å². The molecular formula is C27H30N4O4. The third-order valence-electron chi connectivity index (χ3n) is 6.34. The molecule has 1 aliphatic heterocycles. The predicted octanol–water partition coefficient (Wildman–Crippen LogP) is 4.06. The molecule has 35 heavy (non-hydrogen) atoms. The molecule has 182 valence electrons. The lowest BCUT2D eigenvalue weighted by atomic mass is 9.94. The van der Waals surface area contributed by atoms with Crippen LogP contribution < -0.4 is 24.4 Å². The molecule has 0 bridgehead atoms. The number of hydrogen-bond acceptors (Lipinski definition) is 7. The second-order valence-corrected chi connectivity index (χ2v) is 8.41. The van der Waals surface area contributed by atoms with Crippen molar-refractivity contribution in [2.75, 3.05) is 38.8 Å². The first-order chi connectivity index (χ1) is 17.1. The number of methoxy groups -OCH3 is 2. The Morgan fingerprint density at radius 1 is 1.14 bits per heavy atom. The SMILES string of the molecule is CCOc1ccc2ncc(C#N)c(N3CCC(C(=O)NCc4ccc(OC)c(OC)c4)CC3)c2c1. The second kappa shape index (κ2) is 11.0. The summed E-state index contributed by atoms with van der Waals surface area (Å²) in [6.45, 7) is 4.29. The van der Waals surface area contributed by atoms with Gasteiger partial charge in [0.25, 0.3) is 0 Å². The highest BCUT2D eigenvalue weighted by atomic mass is 16.5. The average Bonchev–Trinajstić information content (AvgIpc) is 2.91. The van der Waals surface area contributed by atoms with Crippen molar-refractivity contribution < 1.29 is 19.0 Å². The van der Waals surface area contributed by atoms with Crippen molar-refractivity contribution in [3.05, 3.63) is 53.7 Å². The minimum absolute atomic E-state index is 0.0400. The second-order valence-electron chi connectivity index (χ2n) is 8.41. The molecule has 1 aliphatic rings. The molecule has 1 amide bonds. The van der Waals surface area contributed by atoms with E-state index in [9.17, 15) is 10.1 Å². The fourth-order valence-corrected chi connectivity index (χ4v) is 4.53. The van der Waals surface area contributed by atoms with Gasteiger partial charge >= 0.3 is 0 Å². The largest absolute Gasteiger partial charge is 0.494 e. The highest BCUT2D eigenvalue weighted by molar-refractivity contribution is 5.95. The number of rotatable bonds is 8. The Kier molecular flexibility index (Phi) is 7.56. The highest BCUT2D eigenvalue weighted by Gasteiger charge is 2.27. The summed E-state index contributed by atoms with van der Waals surface area (Å²) < 4.78 is 16.3. The van der Waals surface area contributed by atoms with E-state index in [4.69, 9.17) is 14.2 Å². The Hall–Kier alpha value is -3.99. The number of pyridine rings is 1. The maximum atomic E-state index is 12.9. The number of anilines is 1. The van der Waals surface area contributed by atoms with Crippen LogP contribution in [0.2, 0.25) is 0 Å². The Bertz CT molecular complexity index is 1250. The maximum Gasteiger partial charge on any atom is 0.223 e. The number of carbonyl (C=O) groups excluding carboxylic acids is 1. The van der Waals surface area contributed by atoms with Crippen molar-refractivity contribution in [2.45, 2.75) is 26.3 Å². The summed E-state index contributed by atoms with van der Waals surface area (Å²) in [7, 11) is 3.19. The van der Waals surface area contributed by atoms with Crippen molar-refractivity contribution in [3.8, 4) is 23.3 Å². The van der Waals surface area contributed by atoms with E-state index in [1.807, 2.05) is 43.3 Å². The standard InChI is InChI=1S/C27H30N4O4/c1-4-35-21-6-7-23-22(14-21)26(20(15-28)17-29-23)31-11-9-19(10-12-31)27(32)30-16-18-5-8-24(33-2)25(13-18)34-3/h5-8,13-14,17,19H,4,9-12,16H2,1-3H3,(H,30,32). The summed E-state index contributed by atoms with van der Waals surface area (Å²) in [6, 6.07) is 13.7. The number of hydrogen-bond donors (Lipinski definition) is 1. The van der Waals surface area contributed by atoms with Crippen LogP contribution in [0.1, 0.15) is 30.9 Å². The number of nitriles is 1. The molecule has 0 aliphatic carbocycles. The Morgan fingerprint density at radius 2 is 1.91 bits per heavy atom. The summed E-state index contributed by atoms with van der Waals surface area (Å²) in [4.78, 5) is 19.5. The average molecular weight is 475 g/mol. The molecule has 1 N–H and O–H groups in total.